The van der Waals surface area contributed by atoms with E-state index in [4.69, 9.17) is 4.74 Å². The van der Waals surface area contributed by atoms with Crippen molar-refractivity contribution in [3.63, 3.8) is 0 Å². The second kappa shape index (κ2) is 6.34. The van der Waals surface area contributed by atoms with Crippen molar-refractivity contribution in [3.05, 3.63) is 23.8 Å². The fourth-order valence-electron chi connectivity index (χ4n) is 1.16. The van der Waals surface area contributed by atoms with Crippen molar-refractivity contribution in [1.29, 1.82) is 0 Å². The van der Waals surface area contributed by atoms with Crippen molar-refractivity contribution < 1.29 is 69.1 Å². The van der Waals surface area contributed by atoms with Crippen molar-refractivity contribution in [1.82, 2.24) is 0 Å². The van der Waals surface area contributed by atoms with E-state index in [-0.39, 0.29) is 56.3 Å². The van der Waals surface area contributed by atoms with E-state index in [0.717, 1.165) is 0 Å². The van der Waals surface area contributed by atoms with Crippen LogP contribution in [0.5, 0.6) is 5.75 Å². The predicted octanol–water partition coefficient (Wildman–Crippen LogP) is -1.70. The van der Waals surface area contributed by atoms with Gasteiger partial charge in [0.2, 0.25) is 0 Å². The first-order valence-corrected chi connectivity index (χ1v) is 5.55. The van der Waals surface area contributed by atoms with E-state index in [1.54, 1.807) is 6.92 Å². The summed E-state index contributed by atoms with van der Waals surface area (Å²) in [5.74, 6) is 0.567. The molecule has 0 bridgehead atoms. The first-order chi connectivity index (χ1) is 6.45. The van der Waals surface area contributed by atoms with Crippen molar-refractivity contribution in [2.24, 2.45) is 0 Å². The van der Waals surface area contributed by atoms with Crippen LogP contribution in [0.4, 0.5) is 0 Å². The summed E-state index contributed by atoms with van der Waals surface area (Å²) in [5, 5.41) is 0. The van der Waals surface area contributed by atoms with E-state index in [1.807, 2.05) is 6.92 Å². The molecule has 0 unspecified atom stereocenters. The zero-order valence-electron chi connectivity index (χ0n) is 8.98. The van der Waals surface area contributed by atoms with Gasteiger partial charge in [0.15, 0.2) is 0 Å². The number of hydrogen-bond acceptors (Lipinski definition) is 4. The summed E-state index contributed by atoms with van der Waals surface area (Å²) >= 11 is 0. The summed E-state index contributed by atoms with van der Waals surface area (Å²) in [6, 6.07) is 4.28. The average molecular weight is 254 g/mol. The molecule has 0 amide bonds. The van der Waals surface area contributed by atoms with E-state index in [1.165, 1.54) is 18.2 Å². The Morgan fingerprint density at radius 3 is 2.40 bits per heavy atom. The topological polar surface area (TPSA) is 66.4 Å². The molecule has 1 rings (SSSR count). The SMILES string of the molecule is CCOc1ccc(S(=O)(=O)[O-])c(C)c1.[K+]. The molecule has 0 heterocycles. The Morgan fingerprint density at radius 1 is 1.40 bits per heavy atom. The predicted molar refractivity (Wildman–Crippen MR) is 50.3 cm³/mol. The molecule has 6 heteroatoms. The number of aryl methyl sites for hydroxylation is 1. The van der Waals surface area contributed by atoms with Crippen LogP contribution in [0.1, 0.15) is 12.5 Å². The number of benzene rings is 1. The van der Waals surface area contributed by atoms with E-state index < -0.39 is 10.1 Å². The zero-order chi connectivity index (χ0) is 10.8. The molecule has 0 radical (unpaired) electrons. The molecule has 0 aliphatic carbocycles. The standard InChI is InChI=1S/C9H12O4S.K/c1-3-13-8-4-5-9(7(2)6-8)14(10,11)12;/h4-6H,3H2,1-2H3,(H,10,11,12);/q;+1/p-1. The summed E-state index contributed by atoms with van der Waals surface area (Å²) in [6.45, 7) is 3.89. The van der Waals surface area contributed by atoms with Crippen LogP contribution in [0.15, 0.2) is 23.1 Å². The van der Waals surface area contributed by atoms with Gasteiger partial charge in [-0.25, -0.2) is 8.42 Å². The molecular weight excluding hydrogens is 243 g/mol. The Balaban J connectivity index is 0.00000196. The molecule has 1 aromatic rings. The Morgan fingerprint density at radius 2 is 2.00 bits per heavy atom. The van der Waals surface area contributed by atoms with E-state index in [9.17, 15) is 13.0 Å². The Labute approximate surface area is 132 Å². The molecule has 0 N–H and O–H groups in total. The van der Waals surface area contributed by atoms with Crippen molar-refractivity contribution in [3.8, 4) is 5.75 Å². The first kappa shape index (κ1) is 15.6. The van der Waals surface area contributed by atoms with Crippen molar-refractivity contribution >= 4 is 10.1 Å². The van der Waals surface area contributed by atoms with Crippen LogP contribution < -0.4 is 56.1 Å². The molecule has 0 aliphatic rings. The van der Waals surface area contributed by atoms with Crippen molar-refractivity contribution in [2.45, 2.75) is 18.7 Å². The van der Waals surface area contributed by atoms with Crippen LogP contribution >= 0.6 is 0 Å². The van der Waals surface area contributed by atoms with Crippen LogP contribution in [-0.4, -0.2) is 19.6 Å². The van der Waals surface area contributed by atoms with E-state index in [0.29, 0.717) is 17.9 Å². The first-order valence-electron chi connectivity index (χ1n) is 4.14. The summed E-state index contributed by atoms with van der Waals surface area (Å²) in [6.07, 6.45) is 0. The minimum atomic E-state index is -4.37. The largest absolute Gasteiger partial charge is 1.00 e. The third-order valence-electron chi connectivity index (χ3n) is 1.73. The van der Waals surface area contributed by atoms with Crippen molar-refractivity contribution in [2.75, 3.05) is 6.61 Å². The molecule has 4 nitrogen and oxygen atoms in total. The van der Waals surface area contributed by atoms with Gasteiger partial charge >= 0.3 is 51.4 Å². The fourth-order valence-corrected chi connectivity index (χ4v) is 1.85. The maximum atomic E-state index is 10.7. The number of ether oxygens (including phenoxy) is 1. The summed E-state index contributed by atoms with van der Waals surface area (Å²) in [4.78, 5) is -0.194. The maximum absolute atomic E-state index is 10.7. The third kappa shape index (κ3) is 4.52. The Bertz CT molecular complexity index is 428. The van der Waals surface area contributed by atoms with Crippen LogP contribution in [0.3, 0.4) is 0 Å². The van der Waals surface area contributed by atoms with Gasteiger partial charge in [0, 0.05) is 0 Å². The molecular formula is C9H11KO4S. The van der Waals surface area contributed by atoms with Gasteiger partial charge in [0.25, 0.3) is 0 Å². The monoisotopic (exact) mass is 254 g/mol. The Hall–Kier alpha value is 0.566. The molecule has 0 atom stereocenters. The third-order valence-corrected chi connectivity index (χ3v) is 2.72. The summed E-state index contributed by atoms with van der Waals surface area (Å²) in [7, 11) is -4.37. The van der Waals surface area contributed by atoms with Crippen LogP contribution in [0.2, 0.25) is 0 Å². The Kier molecular flexibility index (Phi) is 6.58. The summed E-state index contributed by atoms with van der Waals surface area (Å²) < 4.78 is 37.3. The minimum Gasteiger partial charge on any atom is -0.744 e. The van der Waals surface area contributed by atoms with Gasteiger partial charge in [-0.1, -0.05) is 0 Å². The number of hydrogen-bond donors (Lipinski definition) is 0. The second-order valence-electron chi connectivity index (χ2n) is 2.81. The van der Waals surface area contributed by atoms with E-state index >= 15 is 0 Å². The van der Waals surface area contributed by atoms with Gasteiger partial charge in [-0.3, -0.25) is 0 Å². The zero-order valence-corrected chi connectivity index (χ0v) is 12.9. The normalized spacial score (nSPS) is 10.6. The maximum Gasteiger partial charge on any atom is 1.00 e. The van der Waals surface area contributed by atoms with Gasteiger partial charge in [-0.2, -0.15) is 0 Å². The number of rotatable bonds is 3. The molecule has 0 fully saturated rings. The molecule has 0 aromatic heterocycles. The van der Waals surface area contributed by atoms with Crippen LogP contribution in [0, 0.1) is 6.92 Å². The molecule has 0 aliphatic heterocycles. The quantitative estimate of drug-likeness (QED) is 0.476. The smallest absolute Gasteiger partial charge is 0.744 e. The molecule has 1 aromatic carbocycles. The van der Waals surface area contributed by atoms with Gasteiger partial charge in [0.1, 0.15) is 15.9 Å². The molecule has 0 spiro atoms. The summed E-state index contributed by atoms with van der Waals surface area (Å²) in [5.41, 5.74) is 0.408. The molecule has 78 valence electrons. The van der Waals surface area contributed by atoms with Gasteiger partial charge in [-0.15, -0.1) is 0 Å². The molecule has 0 saturated heterocycles. The minimum absolute atomic E-state index is 0. The van der Waals surface area contributed by atoms with Gasteiger partial charge in [-0.05, 0) is 37.6 Å². The van der Waals surface area contributed by atoms with E-state index in [2.05, 4.69) is 0 Å². The van der Waals surface area contributed by atoms with Crippen LogP contribution in [0.25, 0.3) is 0 Å². The molecule has 15 heavy (non-hydrogen) atoms. The van der Waals surface area contributed by atoms with Gasteiger partial charge < -0.3 is 9.29 Å². The fraction of sp³-hybridized carbons (Fsp3) is 0.333. The average Bonchev–Trinajstić information content (AvgIpc) is 2.02. The second-order valence-corrected chi connectivity index (χ2v) is 4.16. The van der Waals surface area contributed by atoms with Gasteiger partial charge in [0.05, 0.1) is 11.5 Å². The molecule has 0 saturated carbocycles. The van der Waals surface area contributed by atoms with Crippen LogP contribution in [-0.2, 0) is 10.1 Å².